The van der Waals surface area contributed by atoms with E-state index in [2.05, 4.69) is 432 Å². The third kappa shape index (κ3) is 11.5. The lowest BCUT2D eigenvalue weighted by Crippen LogP contribution is -2.61. The highest BCUT2D eigenvalue weighted by molar-refractivity contribution is 7.00. The number of hydrogen-bond donors (Lipinski definition) is 0. The van der Waals surface area contributed by atoms with Gasteiger partial charge in [-0.15, -0.1) is 0 Å². The van der Waals surface area contributed by atoms with Crippen LogP contribution >= 0.6 is 0 Å². The van der Waals surface area contributed by atoms with Crippen LogP contribution in [0, 0.1) is 0 Å². The third-order valence-electron chi connectivity index (χ3n) is 27.2. The smallest absolute Gasteiger partial charge is 0.252 e. The fourth-order valence-electron chi connectivity index (χ4n) is 20.6. The summed E-state index contributed by atoms with van der Waals surface area (Å²) in [6.07, 6.45) is 4.66. The Hall–Kier alpha value is -13.2. The maximum Gasteiger partial charge on any atom is 0.252 e. The Bertz CT molecular complexity index is 6830. The van der Waals surface area contributed by atoms with Crippen molar-refractivity contribution in [2.45, 2.75) is 103 Å². The molecular formula is C112H91BN4. The van der Waals surface area contributed by atoms with E-state index in [1.807, 2.05) is 0 Å². The quantitative estimate of drug-likeness (QED) is 0.120. The molecule has 22 rings (SSSR count). The molecule has 0 N–H and O–H groups in total. The van der Waals surface area contributed by atoms with E-state index in [4.69, 9.17) is 0 Å². The van der Waals surface area contributed by atoms with Crippen LogP contribution < -0.4 is 26.2 Å². The Morgan fingerprint density at radius 1 is 0.205 bits per heavy atom. The molecule has 0 spiro atoms. The average Bonchev–Trinajstić information content (AvgIpc) is 1.68. The average molecular weight is 1500 g/mol. The minimum atomic E-state index is -0.218. The molecule has 0 saturated heterocycles. The van der Waals surface area contributed by atoms with Gasteiger partial charge in [0.2, 0.25) is 0 Å². The van der Waals surface area contributed by atoms with Gasteiger partial charge in [0, 0.05) is 61.4 Å². The van der Waals surface area contributed by atoms with Crippen LogP contribution in [0.15, 0.2) is 358 Å². The SMILES string of the molecule is CC1(C)CCC(C)(C)c2cc(-c3ccc(N4c5ccc(-c6ccccc6)cc5B5c6ccc(-n7c8ccc(-c9ccccc9)cc8c8cc(-c9ccccc9)ccc87)cc6N(c6ccc(-c7ccc8c(c7)C(C)(C)CCC8(C)C)cc6)c6cc(-n7c8ccc(-c9ccccc9)cc8c8cc(-c9ccccc9)ccc87)cc4c65)cc3)ccc21. The van der Waals surface area contributed by atoms with Crippen molar-refractivity contribution in [3.8, 4) is 89.3 Å². The Morgan fingerprint density at radius 2 is 0.487 bits per heavy atom. The first kappa shape index (κ1) is 70.4. The molecule has 0 saturated carbocycles. The zero-order chi connectivity index (χ0) is 78.8. The fourth-order valence-corrected chi connectivity index (χ4v) is 20.6. The molecule has 18 aromatic rings. The molecule has 4 heterocycles. The maximum atomic E-state index is 2.65. The molecule has 16 aromatic carbocycles. The van der Waals surface area contributed by atoms with Crippen LogP contribution in [0.2, 0.25) is 0 Å². The van der Waals surface area contributed by atoms with Gasteiger partial charge in [0.25, 0.3) is 6.71 Å². The minimum Gasteiger partial charge on any atom is -0.311 e. The monoisotopic (exact) mass is 1500 g/mol. The first-order valence-electron chi connectivity index (χ1n) is 42.0. The number of benzene rings is 16. The molecule has 0 fully saturated rings. The summed E-state index contributed by atoms with van der Waals surface area (Å²) < 4.78 is 5.11. The molecule has 117 heavy (non-hydrogen) atoms. The van der Waals surface area contributed by atoms with Gasteiger partial charge < -0.3 is 18.9 Å². The van der Waals surface area contributed by atoms with Gasteiger partial charge in [-0.2, -0.15) is 0 Å². The fraction of sp³-hybridized carbons (Fsp3) is 0.143. The van der Waals surface area contributed by atoms with E-state index >= 15 is 0 Å². The largest absolute Gasteiger partial charge is 0.311 e. The predicted octanol–water partition coefficient (Wildman–Crippen LogP) is 28.3. The number of rotatable bonds is 11. The Balaban J connectivity index is 0.826. The molecule has 0 unspecified atom stereocenters. The topological polar surface area (TPSA) is 16.3 Å². The molecule has 5 heteroatoms. The summed E-state index contributed by atoms with van der Waals surface area (Å²) in [5.41, 5.74) is 40.2. The Morgan fingerprint density at radius 3 is 0.863 bits per heavy atom. The van der Waals surface area contributed by atoms with Crippen molar-refractivity contribution in [2.75, 3.05) is 9.80 Å². The molecule has 562 valence electrons. The molecule has 4 nitrogen and oxygen atoms in total. The zero-order valence-electron chi connectivity index (χ0n) is 67.8. The highest BCUT2D eigenvalue weighted by atomic mass is 15.2. The molecule has 0 atom stereocenters. The first-order valence-corrected chi connectivity index (χ1v) is 42.0. The Kier molecular flexibility index (Phi) is 16.1. The molecule has 0 bridgehead atoms. The van der Waals surface area contributed by atoms with Crippen LogP contribution in [-0.4, -0.2) is 15.8 Å². The van der Waals surface area contributed by atoms with Crippen molar-refractivity contribution in [3.05, 3.63) is 380 Å². The van der Waals surface area contributed by atoms with Crippen molar-refractivity contribution < 1.29 is 0 Å². The van der Waals surface area contributed by atoms with Gasteiger partial charge in [-0.05, 0) is 267 Å². The van der Waals surface area contributed by atoms with Crippen molar-refractivity contribution in [2.24, 2.45) is 0 Å². The summed E-state index contributed by atoms with van der Waals surface area (Å²) in [6.45, 7) is 19.3. The molecule has 0 amide bonds. The van der Waals surface area contributed by atoms with Crippen molar-refractivity contribution in [1.82, 2.24) is 9.13 Å². The Labute approximate surface area is 687 Å². The number of fused-ring (bicyclic) bond motifs is 12. The second kappa shape index (κ2) is 26.7. The predicted molar refractivity (Wildman–Crippen MR) is 498 cm³/mol. The lowest BCUT2D eigenvalue weighted by atomic mass is 9.33. The standard InChI is InChI=1S/C112H91BN4/c1-109(2)58-60-111(5,6)96-66-83(38-50-94(96)109)77-34-45-86(46-35-77)114-104-57-44-85(76-32-22-13-23-33-76)68-99(104)113-98-52-49-88(116-100-53-40-79(72-24-14-9-15-25-72)62-90(100)91-63-80(41-54-101(91)116)73-26-16-10-17-27-73)69-105(98)115(87-47-36-78(37-48-87)84-39-51-95-97(67-84)112(7,8)61-59-110(95,3)4)107-71-89(70-106(114)108(107)113)117-102-55-42-81(74-28-18-11-19-29-74)64-92(102)93-65-82(43-56-103(93)117)75-30-20-12-21-31-75/h9-57,62-71H,58-61H2,1-8H3. The van der Waals surface area contributed by atoms with E-state index in [0.29, 0.717) is 0 Å². The number of aromatic nitrogens is 2. The van der Waals surface area contributed by atoms with Crippen LogP contribution in [0.5, 0.6) is 0 Å². The van der Waals surface area contributed by atoms with E-state index in [-0.39, 0.29) is 28.4 Å². The molecular weight excluding hydrogens is 1410 g/mol. The second-order valence-electron chi connectivity index (χ2n) is 36.1. The van der Waals surface area contributed by atoms with Gasteiger partial charge in [0.1, 0.15) is 0 Å². The highest BCUT2D eigenvalue weighted by Crippen LogP contribution is 2.53. The van der Waals surface area contributed by atoms with Crippen molar-refractivity contribution in [1.29, 1.82) is 0 Å². The summed E-state index contributed by atoms with van der Waals surface area (Å²) in [7, 11) is 0. The first-order chi connectivity index (χ1) is 56.9. The lowest BCUT2D eigenvalue weighted by Gasteiger charge is -2.44. The number of hydrogen-bond acceptors (Lipinski definition) is 2. The van der Waals surface area contributed by atoms with E-state index in [1.54, 1.807) is 0 Å². The van der Waals surface area contributed by atoms with Crippen LogP contribution in [0.1, 0.15) is 103 Å². The third-order valence-corrected chi connectivity index (χ3v) is 27.2. The van der Waals surface area contributed by atoms with E-state index in [9.17, 15) is 0 Å². The molecule has 4 aliphatic rings. The lowest BCUT2D eigenvalue weighted by molar-refractivity contribution is 0.332. The van der Waals surface area contributed by atoms with Crippen LogP contribution in [0.3, 0.4) is 0 Å². The van der Waals surface area contributed by atoms with Crippen LogP contribution in [-0.2, 0) is 21.7 Å². The summed E-state index contributed by atoms with van der Waals surface area (Å²) in [5, 5.41) is 4.81. The molecule has 0 radical (unpaired) electrons. The minimum absolute atomic E-state index is 0.0546. The second-order valence-corrected chi connectivity index (χ2v) is 36.1. The van der Waals surface area contributed by atoms with E-state index in [1.165, 1.54) is 151 Å². The summed E-state index contributed by atoms with van der Waals surface area (Å²) >= 11 is 0. The van der Waals surface area contributed by atoms with Crippen LogP contribution in [0.25, 0.3) is 133 Å². The van der Waals surface area contributed by atoms with Crippen molar-refractivity contribution in [3.63, 3.8) is 0 Å². The van der Waals surface area contributed by atoms with Crippen LogP contribution in [0.4, 0.5) is 34.1 Å². The summed E-state index contributed by atoms with van der Waals surface area (Å²) in [4.78, 5) is 5.26. The maximum absolute atomic E-state index is 2.65. The van der Waals surface area contributed by atoms with Crippen molar-refractivity contribution >= 4 is 101 Å². The van der Waals surface area contributed by atoms with Gasteiger partial charge in [-0.1, -0.05) is 310 Å². The summed E-state index contributed by atoms with van der Waals surface area (Å²) in [5.74, 6) is 0. The van der Waals surface area contributed by atoms with Gasteiger partial charge in [-0.25, -0.2) is 0 Å². The molecule has 2 aliphatic heterocycles. The molecule has 2 aliphatic carbocycles. The highest BCUT2D eigenvalue weighted by Gasteiger charge is 2.46. The van der Waals surface area contributed by atoms with Gasteiger partial charge in [0.05, 0.1) is 27.8 Å². The summed E-state index contributed by atoms with van der Waals surface area (Å²) in [6, 6.07) is 137. The van der Waals surface area contributed by atoms with E-state index in [0.717, 1.165) is 80.4 Å². The zero-order valence-corrected chi connectivity index (χ0v) is 67.8. The number of anilines is 6. The van der Waals surface area contributed by atoms with Gasteiger partial charge in [-0.3, -0.25) is 0 Å². The van der Waals surface area contributed by atoms with Gasteiger partial charge >= 0.3 is 0 Å². The van der Waals surface area contributed by atoms with E-state index < -0.39 is 0 Å². The molecule has 2 aromatic heterocycles. The number of nitrogens with zero attached hydrogens (tertiary/aromatic N) is 4. The normalized spacial score (nSPS) is 15.3. The van der Waals surface area contributed by atoms with Gasteiger partial charge in [0.15, 0.2) is 0 Å².